The number of fused-ring (bicyclic) bond motifs is 2. The second-order valence-corrected chi connectivity index (χ2v) is 10.1. The maximum atomic E-state index is 12.3. The summed E-state index contributed by atoms with van der Waals surface area (Å²) in [6.07, 6.45) is 12.5. The lowest BCUT2D eigenvalue weighted by atomic mass is 9.82. The van der Waals surface area contributed by atoms with Crippen LogP contribution in [0.3, 0.4) is 0 Å². The zero-order valence-electron chi connectivity index (χ0n) is 16.9. The molecule has 5 aliphatic rings. The maximum absolute atomic E-state index is 12.3. The van der Waals surface area contributed by atoms with Crippen LogP contribution in [0.25, 0.3) is 0 Å². The molecule has 4 aliphatic carbocycles. The van der Waals surface area contributed by atoms with Crippen molar-refractivity contribution in [2.75, 3.05) is 13.2 Å². The van der Waals surface area contributed by atoms with Crippen LogP contribution in [-0.4, -0.2) is 37.4 Å². The van der Waals surface area contributed by atoms with E-state index in [0.717, 1.165) is 69.6 Å². The lowest BCUT2D eigenvalue weighted by Crippen LogP contribution is -2.28. The van der Waals surface area contributed by atoms with Gasteiger partial charge in [0, 0.05) is 0 Å². The zero-order chi connectivity index (χ0) is 19.1. The minimum absolute atomic E-state index is 0.0182. The van der Waals surface area contributed by atoms with Gasteiger partial charge in [0.1, 0.15) is 0 Å². The normalized spacial score (nSPS) is 44.0. The smallest absolute Gasteiger partial charge is 0.309 e. The molecule has 1 heterocycles. The van der Waals surface area contributed by atoms with Gasteiger partial charge in [0.25, 0.3) is 0 Å². The van der Waals surface area contributed by atoms with Gasteiger partial charge in [0.05, 0.1) is 37.3 Å². The van der Waals surface area contributed by atoms with Gasteiger partial charge in [-0.15, -0.1) is 0 Å². The number of epoxide rings is 1. The average Bonchev–Trinajstić information content (AvgIpc) is 3.63. The Bertz CT molecular complexity index is 544. The Kier molecular flexibility index (Phi) is 5.38. The molecule has 0 bridgehead atoms. The van der Waals surface area contributed by atoms with Crippen molar-refractivity contribution in [3.8, 4) is 0 Å². The first-order chi connectivity index (χ1) is 13.7. The fourth-order valence-electron chi connectivity index (χ4n) is 5.88. The summed E-state index contributed by atoms with van der Waals surface area (Å²) in [5, 5.41) is 0. The molecule has 0 amide bonds. The van der Waals surface area contributed by atoms with Gasteiger partial charge in [-0.3, -0.25) is 9.59 Å². The second-order valence-electron chi connectivity index (χ2n) is 10.1. The molecule has 156 valence electrons. The third-order valence-corrected chi connectivity index (χ3v) is 8.10. The predicted molar refractivity (Wildman–Crippen MR) is 102 cm³/mol. The summed E-state index contributed by atoms with van der Waals surface area (Å²) in [5.41, 5.74) is 0. The van der Waals surface area contributed by atoms with E-state index in [4.69, 9.17) is 14.2 Å². The molecule has 0 aromatic heterocycles. The van der Waals surface area contributed by atoms with E-state index in [1.165, 1.54) is 12.8 Å². The highest BCUT2D eigenvalue weighted by Gasteiger charge is 2.46. The first-order valence-corrected chi connectivity index (χ1v) is 11.6. The van der Waals surface area contributed by atoms with Crippen molar-refractivity contribution in [2.24, 2.45) is 35.5 Å². The van der Waals surface area contributed by atoms with Crippen LogP contribution in [0.1, 0.15) is 70.6 Å². The molecule has 0 N–H and O–H groups in total. The molecule has 6 atom stereocenters. The van der Waals surface area contributed by atoms with Crippen molar-refractivity contribution in [1.82, 2.24) is 0 Å². The van der Waals surface area contributed by atoms with Crippen molar-refractivity contribution in [2.45, 2.75) is 82.8 Å². The van der Waals surface area contributed by atoms with Crippen LogP contribution in [0.2, 0.25) is 0 Å². The van der Waals surface area contributed by atoms with Crippen LogP contribution in [0.15, 0.2) is 0 Å². The minimum Gasteiger partial charge on any atom is -0.465 e. The molecule has 0 aromatic rings. The molecule has 28 heavy (non-hydrogen) atoms. The van der Waals surface area contributed by atoms with E-state index >= 15 is 0 Å². The Morgan fingerprint density at radius 3 is 1.86 bits per heavy atom. The monoisotopic (exact) mass is 390 g/mol. The summed E-state index contributed by atoms with van der Waals surface area (Å²) in [6, 6.07) is 0. The highest BCUT2D eigenvalue weighted by Crippen LogP contribution is 2.51. The van der Waals surface area contributed by atoms with Crippen LogP contribution in [0.4, 0.5) is 0 Å². The summed E-state index contributed by atoms with van der Waals surface area (Å²) in [4.78, 5) is 24.6. The first kappa shape index (κ1) is 18.9. The van der Waals surface area contributed by atoms with Crippen molar-refractivity contribution in [1.29, 1.82) is 0 Å². The lowest BCUT2D eigenvalue weighted by molar-refractivity contribution is -0.153. The van der Waals surface area contributed by atoms with E-state index in [9.17, 15) is 9.59 Å². The van der Waals surface area contributed by atoms with E-state index in [-0.39, 0.29) is 23.8 Å². The largest absolute Gasteiger partial charge is 0.465 e. The SMILES string of the molecule is O=C(OCC1CCC(COC(=O)C2CCC3OC3C2)CC1)C1CCC2CC2C1. The number of carbonyl (C=O) groups is 2. The van der Waals surface area contributed by atoms with Gasteiger partial charge >= 0.3 is 11.9 Å². The molecule has 5 heteroatoms. The summed E-state index contributed by atoms with van der Waals surface area (Å²) >= 11 is 0. The van der Waals surface area contributed by atoms with Crippen molar-refractivity contribution in [3.63, 3.8) is 0 Å². The third-order valence-electron chi connectivity index (χ3n) is 8.10. The Morgan fingerprint density at radius 2 is 1.25 bits per heavy atom. The van der Waals surface area contributed by atoms with Crippen LogP contribution >= 0.6 is 0 Å². The Hall–Kier alpha value is -1.10. The number of hydrogen-bond donors (Lipinski definition) is 0. The highest BCUT2D eigenvalue weighted by atomic mass is 16.6. The van der Waals surface area contributed by atoms with Crippen LogP contribution in [0, 0.1) is 35.5 Å². The number of ether oxygens (including phenoxy) is 3. The quantitative estimate of drug-likeness (QED) is 0.509. The van der Waals surface area contributed by atoms with Gasteiger partial charge in [-0.1, -0.05) is 0 Å². The topological polar surface area (TPSA) is 65.1 Å². The summed E-state index contributed by atoms with van der Waals surface area (Å²) in [5.74, 6) is 2.93. The molecular formula is C23H34O5. The number of esters is 2. The van der Waals surface area contributed by atoms with Gasteiger partial charge in [0.15, 0.2) is 0 Å². The second kappa shape index (κ2) is 7.97. The van der Waals surface area contributed by atoms with E-state index in [2.05, 4.69) is 0 Å². The Morgan fingerprint density at radius 1 is 0.643 bits per heavy atom. The molecule has 5 fully saturated rings. The van der Waals surface area contributed by atoms with Crippen molar-refractivity contribution >= 4 is 11.9 Å². The molecule has 4 saturated carbocycles. The highest BCUT2D eigenvalue weighted by molar-refractivity contribution is 5.73. The van der Waals surface area contributed by atoms with Gasteiger partial charge < -0.3 is 14.2 Å². The zero-order valence-corrected chi connectivity index (χ0v) is 16.9. The van der Waals surface area contributed by atoms with Crippen molar-refractivity contribution in [3.05, 3.63) is 0 Å². The lowest BCUT2D eigenvalue weighted by Gasteiger charge is -2.29. The Balaban J connectivity index is 0.961. The summed E-state index contributed by atoms with van der Waals surface area (Å²) in [7, 11) is 0. The molecule has 0 aromatic carbocycles. The van der Waals surface area contributed by atoms with E-state index in [1.807, 2.05) is 0 Å². The maximum Gasteiger partial charge on any atom is 0.309 e. The van der Waals surface area contributed by atoms with Gasteiger partial charge in [-0.25, -0.2) is 0 Å². The van der Waals surface area contributed by atoms with E-state index in [1.54, 1.807) is 0 Å². The van der Waals surface area contributed by atoms with E-state index in [0.29, 0.717) is 37.3 Å². The molecular weight excluding hydrogens is 356 g/mol. The molecule has 5 nitrogen and oxygen atoms in total. The first-order valence-electron chi connectivity index (χ1n) is 11.6. The standard InChI is InChI=1S/C23H34O5/c24-22(17-6-5-16-9-19(16)10-17)26-12-14-1-3-15(4-2-14)13-27-23(25)18-7-8-20-21(11-18)28-20/h14-21H,1-13H2. The third kappa shape index (κ3) is 4.39. The molecule has 1 saturated heterocycles. The number of hydrogen-bond acceptors (Lipinski definition) is 5. The van der Waals surface area contributed by atoms with Crippen LogP contribution < -0.4 is 0 Å². The number of rotatable bonds is 6. The fourth-order valence-corrected chi connectivity index (χ4v) is 5.88. The van der Waals surface area contributed by atoms with Crippen molar-refractivity contribution < 1.29 is 23.8 Å². The molecule has 1 aliphatic heterocycles. The fraction of sp³-hybridized carbons (Fsp3) is 0.913. The molecule has 6 unspecified atom stereocenters. The summed E-state index contributed by atoms with van der Waals surface area (Å²) in [6.45, 7) is 1.14. The van der Waals surface area contributed by atoms with Gasteiger partial charge in [-0.2, -0.15) is 0 Å². The number of carbonyl (C=O) groups excluding carboxylic acids is 2. The summed E-state index contributed by atoms with van der Waals surface area (Å²) < 4.78 is 16.8. The Labute approximate surface area is 167 Å². The predicted octanol–water partition coefficient (Wildman–Crippen LogP) is 3.88. The average molecular weight is 391 g/mol. The molecule has 0 radical (unpaired) electrons. The van der Waals surface area contributed by atoms with Crippen LogP contribution in [0.5, 0.6) is 0 Å². The molecule has 5 rings (SSSR count). The van der Waals surface area contributed by atoms with Gasteiger partial charge in [0.2, 0.25) is 0 Å². The van der Waals surface area contributed by atoms with E-state index < -0.39 is 0 Å². The molecule has 0 spiro atoms. The minimum atomic E-state index is -0.0182. The van der Waals surface area contributed by atoms with Crippen LogP contribution in [-0.2, 0) is 23.8 Å². The van der Waals surface area contributed by atoms with Gasteiger partial charge in [-0.05, 0) is 94.3 Å².